The summed E-state index contributed by atoms with van der Waals surface area (Å²) >= 11 is 0. The lowest BCUT2D eigenvalue weighted by molar-refractivity contribution is -0.136. The number of likely N-dealkylation sites (tertiary alicyclic amines) is 1. The van der Waals surface area contributed by atoms with E-state index < -0.39 is 0 Å². The number of carbonyl (C=O) groups excluding carboxylic acids is 1. The zero-order chi connectivity index (χ0) is 20.2. The summed E-state index contributed by atoms with van der Waals surface area (Å²) in [5.74, 6) is 2.36. The van der Waals surface area contributed by atoms with Crippen LogP contribution in [0.5, 0.6) is 0 Å². The van der Waals surface area contributed by atoms with Gasteiger partial charge in [-0.1, -0.05) is 6.07 Å². The highest BCUT2D eigenvalue weighted by Gasteiger charge is 2.28. The second kappa shape index (κ2) is 8.86. The van der Waals surface area contributed by atoms with Gasteiger partial charge in [0.2, 0.25) is 5.91 Å². The number of pyridine rings is 1. The predicted molar refractivity (Wildman–Crippen MR) is 111 cm³/mol. The number of piperidine rings is 1. The van der Waals surface area contributed by atoms with Crippen LogP contribution in [-0.2, 0) is 22.5 Å². The average Bonchev–Trinajstić information content (AvgIpc) is 2.75. The molecule has 0 aliphatic carbocycles. The number of hydrogen-bond acceptors (Lipinski definition) is 6. The van der Waals surface area contributed by atoms with Crippen molar-refractivity contribution >= 4 is 11.7 Å². The van der Waals surface area contributed by atoms with Crippen LogP contribution in [0.4, 0.5) is 5.82 Å². The van der Waals surface area contributed by atoms with Crippen LogP contribution in [0.1, 0.15) is 48.0 Å². The normalized spacial score (nSPS) is 17.3. The fourth-order valence-electron chi connectivity index (χ4n) is 4.33. The van der Waals surface area contributed by atoms with Crippen molar-refractivity contribution in [3.8, 4) is 0 Å². The van der Waals surface area contributed by atoms with Gasteiger partial charge in [0.15, 0.2) is 0 Å². The van der Waals surface area contributed by atoms with Crippen molar-refractivity contribution in [1.82, 2.24) is 19.9 Å². The second-order valence-corrected chi connectivity index (χ2v) is 7.90. The molecule has 0 atom stereocenters. The molecule has 0 bridgehead atoms. The Labute approximate surface area is 172 Å². The third-order valence-corrected chi connectivity index (χ3v) is 5.92. The molecule has 7 nitrogen and oxygen atoms in total. The summed E-state index contributed by atoms with van der Waals surface area (Å²) in [5.41, 5.74) is 3.42. The molecule has 0 N–H and O–H groups in total. The van der Waals surface area contributed by atoms with Crippen LogP contribution in [0.15, 0.2) is 24.4 Å². The molecule has 0 radical (unpaired) electrons. The molecule has 2 aromatic heterocycles. The quantitative estimate of drug-likeness (QED) is 0.775. The van der Waals surface area contributed by atoms with Gasteiger partial charge in [0.05, 0.1) is 12.2 Å². The first kappa shape index (κ1) is 19.8. The molecule has 4 heterocycles. The molecule has 1 amide bonds. The minimum absolute atomic E-state index is 0.0648. The standard InChI is InChI=1S/C22H29N5O2/c1-16-19-7-5-11-27(14-18-6-3-4-10-23-18)22(19)25-21(24-16)17-8-12-26(13-9-17)20(28)15-29-2/h3-4,6,10,17H,5,7-9,11-15H2,1-2H3. The monoisotopic (exact) mass is 395 g/mol. The van der Waals surface area contributed by atoms with Crippen molar-refractivity contribution in [2.75, 3.05) is 38.3 Å². The van der Waals surface area contributed by atoms with Crippen molar-refractivity contribution < 1.29 is 9.53 Å². The molecule has 2 aliphatic rings. The summed E-state index contributed by atoms with van der Waals surface area (Å²) in [6.07, 6.45) is 5.78. The molecule has 1 saturated heterocycles. The minimum Gasteiger partial charge on any atom is -0.375 e. The topological polar surface area (TPSA) is 71.5 Å². The minimum atomic E-state index is 0.0648. The van der Waals surface area contributed by atoms with Crippen LogP contribution < -0.4 is 4.90 Å². The number of fused-ring (bicyclic) bond motifs is 1. The number of nitrogens with zero attached hydrogens (tertiary/aromatic N) is 5. The predicted octanol–water partition coefficient (Wildman–Crippen LogP) is 2.49. The van der Waals surface area contributed by atoms with Crippen molar-refractivity contribution in [2.24, 2.45) is 0 Å². The van der Waals surface area contributed by atoms with Gasteiger partial charge < -0.3 is 14.5 Å². The lowest BCUT2D eigenvalue weighted by Crippen LogP contribution is -2.40. The van der Waals surface area contributed by atoms with Crippen LogP contribution in [0, 0.1) is 6.92 Å². The summed E-state index contributed by atoms with van der Waals surface area (Å²) in [7, 11) is 1.56. The van der Waals surface area contributed by atoms with E-state index in [1.165, 1.54) is 5.56 Å². The molecule has 2 aromatic rings. The van der Waals surface area contributed by atoms with Crippen LogP contribution in [0.2, 0.25) is 0 Å². The summed E-state index contributed by atoms with van der Waals surface area (Å²) in [6, 6.07) is 6.04. The molecule has 2 aliphatic heterocycles. The summed E-state index contributed by atoms with van der Waals surface area (Å²) in [4.78, 5) is 30.7. The van der Waals surface area contributed by atoms with Crippen molar-refractivity contribution in [3.05, 3.63) is 47.2 Å². The van der Waals surface area contributed by atoms with Gasteiger partial charge in [-0.3, -0.25) is 9.78 Å². The molecule has 154 valence electrons. The van der Waals surface area contributed by atoms with E-state index in [4.69, 9.17) is 14.7 Å². The molecule has 0 unspecified atom stereocenters. The maximum Gasteiger partial charge on any atom is 0.248 e. The number of aryl methyl sites for hydroxylation is 1. The fourth-order valence-corrected chi connectivity index (χ4v) is 4.33. The van der Waals surface area contributed by atoms with E-state index >= 15 is 0 Å². The molecule has 0 spiro atoms. The highest BCUT2D eigenvalue weighted by Crippen LogP contribution is 2.32. The van der Waals surface area contributed by atoms with E-state index in [1.54, 1.807) is 7.11 Å². The zero-order valence-electron chi connectivity index (χ0n) is 17.3. The van der Waals surface area contributed by atoms with Gasteiger partial charge in [-0.15, -0.1) is 0 Å². The Kier molecular flexibility index (Phi) is 6.04. The molecule has 0 aromatic carbocycles. The Hall–Kier alpha value is -2.54. The molecular formula is C22H29N5O2. The Morgan fingerprint density at radius 1 is 1.21 bits per heavy atom. The maximum absolute atomic E-state index is 12.1. The molecule has 1 fully saturated rings. The number of amides is 1. The number of methoxy groups -OCH3 is 1. The van der Waals surface area contributed by atoms with Gasteiger partial charge in [-0.05, 0) is 44.7 Å². The molecule has 29 heavy (non-hydrogen) atoms. The summed E-state index contributed by atoms with van der Waals surface area (Å²) in [5, 5.41) is 0. The van der Waals surface area contributed by atoms with Gasteiger partial charge in [0.25, 0.3) is 0 Å². The highest BCUT2D eigenvalue weighted by atomic mass is 16.5. The van der Waals surface area contributed by atoms with Gasteiger partial charge in [0.1, 0.15) is 18.2 Å². The number of ether oxygens (including phenoxy) is 1. The first-order chi connectivity index (χ1) is 14.2. The first-order valence-electron chi connectivity index (χ1n) is 10.4. The Balaban J connectivity index is 1.52. The maximum atomic E-state index is 12.1. The molecule has 4 rings (SSSR count). The second-order valence-electron chi connectivity index (χ2n) is 7.90. The first-order valence-corrected chi connectivity index (χ1v) is 10.4. The highest BCUT2D eigenvalue weighted by molar-refractivity contribution is 5.77. The van der Waals surface area contributed by atoms with E-state index in [9.17, 15) is 4.79 Å². The van der Waals surface area contributed by atoms with E-state index in [1.807, 2.05) is 23.2 Å². The van der Waals surface area contributed by atoms with Crippen LogP contribution >= 0.6 is 0 Å². The zero-order valence-corrected chi connectivity index (χ0v) is 17.3. The van der Waals surface area contributed by atoms with E-state index in [2.05, 4.69) is 22.9 Å². The Morgan fingerprint density at radius 2 is 2.03 bits per heavy atom. The summed E-state index contributed by atoms with van der Waals surface area (Å²) in [6.45, 7) is 5.50. The Bertz CT molecular complexity index is 850. The summed E-state index contributed by atoms with van der Waals surface area (Å²) < 4.78 is 4.98. The number of carbonyl (C=O) groups is 1. The lowest BCUT2D eigenvalue weighted by atomic mass is 9.95. The van der Waals surface area contributed by atoms with Crippen molar-refractivity contribution in [2.45, 2.75) is 45.1 Å². The SMILES string of the molecule is COCC(=O)N1CCC(c2nc(C)c3c(n2)N(Cc2ccccn2)CCC3)CC1. The largest absolute Gasteiger partial charge is 0.375 e. The van der Waals surface area contributed by atoms with Crippen LogP contribution in [0.3, 0.4) is 0 Å². The molecule has 7 heteroatoms. The molecular weight excluding hydrogens is 366 g/mol. The third kappa shape index (κ3) is 4.40. The third-order valence-electron chi connectivity index (χ3n) is 5.92. The Morgan fingerprint density at radius 3 is 2.76 bits per heavy atom. The van der Waals surface area contributed by atoms with Crippen molar-refractivity contribution in [1.29, 1.82) is 0 Å². The van der Waals surface area contributed by atoms with Gasteiger partial charge >= 0.3 is 0 Å². The van der Waals surface area contributed by atoms with Crippen LogP contribution in [0.25, 0.3) is 0 Å². The van der Waals surface area contributed by atoms with Gasteiger partial charge in [0, 0.05) is 50.1 Å². The lowest BCUT2D eigenvalue weighted by Gasteiger charge is -2.34. The van der Waals surface area contributed by atoms with E-state index in [-0.39, 0.29) is 12.5 Å². The van der Waals surface area contributed by atoms with Gasteiger partial charge in [-0.25, -0.2) is 9.97 Å². The number of rotatable bonds is 5. The number of anilines is 1. The van der Waals surface area contributed by atoms with Gasteiger partial charge in [-0.2, -0.15) is 0 Å². The van der Waals surface area contributed by atoms with E-state index in [0.29, 0.717) is 5.92 Å². The van der Waals surface area contributed by atoms with Crippen LogP contribution in [-0.4, -0.2) is 59.1 Å². The molecule has 0 saturated carbocycles. The number of aromatic nitrogens is 3. The van der Waals surface area contributed by atoms with Crippen molar-refractivity contribution in [3.63, 3.8) is 0 Å². The number of hydrogen-bond donors (Lipinski definition) is 0. The average molecular weight is 396 g/mol. The van der Waals surface area contributed by atoms with E-state index in [0.717, 1.165) is 74.9 Å². The smallest absolute Gasteiger partial charge is 0.248 e. The fraction of sp³-hybridized carbons (Fsp3) is 0.545.